The maximum Gasteiger partial charge on any atom is 0.318 e. The number of ether oxygens (including phenoxy) is 2. The topological polar surface area (TPSA) is 67.8 Å². The zero-order chi connectivity index (χ0) is 25.9. The van der Waals surface area contributed by atoms with E-state index in [0.717, 1.165) is 61.0 Å². The van der Waals surface area contributed by atoms with Gasteiger partial charge in [0.25, 0.3) is 0 Å². The number of hydrogen-bond acceptors (Lipinski definition) is 7. The van der Waals surface area contributed by atoms with Crippen molar-refractivity contribution < 1.29 is 14.3 Å². The van der Waals surface area contributed by atoms with Gasteiger partial charge in [-0.1, -0.05) is 30.7 Å². The van der Waals surface area contributed by atoms with Gasteiger partial charge in [0.15, 0.2) is 0 Å². The third kappa shape index (κ3) is 4.13. The van der Waals surface area contributed by atoms with E-state index in [0.29, 0.717) is 56.7 Å². The van der Waals surface area contributed by atoms with Gasteiger partial charge < -0.3 is 14.4 Å². The van der Waals surface area contributed by atoms with Crippen LogP contribution in [0.1, 0.15) is 74.3 Å². The second-order valence-electron chi connectivity index (χ2n) is 12.2. The van der Waals surface area contributed by atoms with Crippen molar-refractivity contribution in [1.29, 1.82) is 0 Å². The molecular formula is C30H37ClN4O3. The molecule has 8 heteroatoms. The summed E-state index contributed by atoms with van der Waals surface area (Å²) in [7, 11) is 0. The van der Waals surface area contributed by atoms with Crippen LogP contribution in [0.15, 0.2) is 18.2 Å². The molecule has 7 nitrogen and oxygen atoms in total. The Morgan fingerprint density at radius 2 is 2.03 bits per heavy atom. The van der Waals surface area contributed by atoms with Crippen LogP contribution in [-0.4, -0.2) is 59.0 Å². The van der Waals surface area contributed by atoms with E-state index < -0.39 is 5.60 Å². The largest absolute Gasteiger partial charge is 0.461 e. The number of anilines is 1. The summed E-state index contributed by atoms with van der Waals surface area (Å²) in [6.07, 6.45) is 8.12. The first-order chi connectivity index (χ1) is 18.4. The number of nitrogens with zero attached hydrogens (tertiary/aromatic N) is 4. The third-order valence-electron chi connectivity index (χ3n) is 9.70. The SMILES string of the molecule is C[C@H]1CN2CCC[C@@]2(COc2nc3c(c(N4CCCC(=O)CC4)n2)COC2(CCc4c(Cl)cccc42)C3)C1. The van der Waals surface area contributed by atoms with E-state index in [1.165, 1.54) is 30.4 Å². The van der Waals surface area contributed by atoms with E-state index in [4.69, 9.17) is 31.0 Å². The van der Waals surface area contributed by atoms with Gasteiger partial charge in [0.1, 0.15) is 18.2 Å². The molecule has 1 aromatic heterocycles. The summed E-state index contributed by atoms with van der Waals surface area (Å²) in [4.78, 5) is 27.1. The van der Waals surface area contributed by atoms with Crippen LogP contribution in [-0.2, 0) is 34.6 Å². The molecule has 202 valence electrons. The third-order valence-corrected chi connectivity index (χ3v) is 10.1. The average Bonchev–Trinajstić information content (AvgIpc) is 3.49. The predicted molar refractivity (Wildman–Crippen MR) is 146 cm³/mol. The highest BCUT2D eigenvalue weighted by Gasteiger charge is 2.48. The van der Waals surface area contributed by atoms with Gasteiger partial charge >= 0.3 is 6.01 Å². The summed E-state index contributed by atoms with van der Waals surface area (Å²) >= 11 is 6.57. The number of halogens is 1. The van der Waals surface area contributed by atoms with E-state index in [1.54, 1.807) is 0 Å². The number of fused-ring (bicyclic) bond motifs is 4. The van der Waals surface area contributed by atoms with E-state index in [2.05, 4.69) is 22.8 Å². The molecule has 5 aliphatic rings. The highest BCUT2D eigenvalue weighted by atomic mass is 35.5. The fourth-order valence-corrected chi connectivity index (χ4v) is 8.15. The van der Waals surface area contributed by atoms with Crippen molar-refractivity contribution >= 4 is 23.2 Å². The standard InChI is InChI=1S/C30H37ClN4O3/c1-20-15-29(10-4-13-35(29)17-20)19-37-28-32-26-16-30(11-8-22-24(30)6-2-7-25(22)31)38-18-23(26)27(33-28)34-12-3-5-21(36)9-14-34/h2,6-7,20H,3-5,8-19H2,1H3/t20-,29+,30?/m1/s1. The maximum atomic E-state index is 12.2. The molecule has 1 unspecified atom stereocenters. The van der Waals surface area contributed by atoms with Crippen LogP contribution in [0.3, 0.4) is 0 Å². The number of aromatic nitrogens is 2. The van der Waals surface area contributed by atoms with Crippen molar-refractivity contribution in [2.45, 2.75) is 82.5 Å². The molecule has 0 N–H and O–H groups in total. The van der Waals surface area contributed by atoms with Crippen LogP contribution in [0, 0.1) is 5.92 Å². The summed E-state index contributed by atoms with van der Waals surface area (Å²) in [5.41, 5.74) is 4.15. The minimum Gasteiger partial charge on any atom is -0.461 e. The number of carbonyl (C=O) groups excluding carboxylic acids is 1. The number of ketones is 1. The van der Waals surface area contributed by atoms with Gasteiger partial charge in [0.05, 0.1) is 23.4 Å². The summed E-state index contributed by atoms with van der Waals surface area (Å²) in [5.74, 6) is 1.91. The molecule has 0 amide bonds. The fourth-order valence-electron chi connectivity index (χ4n) is 7.88. The molecule has 1 aromatic carbocycles. The highest BCUT2D eigenvalue weighted by Crippen LogP contribution is 2.49. The quantitative estimate of drug-likeness (QED) is 0.553. The van der Waals surface area contributed by atoms with Crippen LogP contribution < -0.4 is 9.64 Å². The first kappa shape index (κ1) is 24.8. The summed E-state index contributed by atoms with van der Waals surface area (Å²) < 4.78 is 13.2. The minimum atomic E-state index is -0.410. The van der Waals surface area contributed by atoms with Gasteiger partial charge in [-0.25, -0.2) is 0 Å². The smallest absolute Gasteiger partial charge is 0.318 e. The Morgan fingerprint density at radius 1 is 1.11 bits per heavy atom. The molecule has 1 spiro atoms. The van der Waals surface area contributed by atoms with E-state index in [-0.39, 0.29) is 5.54 Å². The van der Waals surface area contributed by atoms with Crippen molar-refractivity contribution in [2.75, 3.05) is 37.7 Å². The Bertz CT molecular complexity index is 1270. The minimum absolute atomic E-state index is 0.110. The van der Waals surface area contributed by atoms with Crippen molar-refractivity contribution in [3.8, 4) is 6.01 Å². The molecule has 2 aromatic rings. The van der Waals surface area contributed by atoms with E-state index in [1.807, 2.05) is 12.1 Å². The van der Waals surface area contributed by atoms with Gasteiger partial charge in [0.2, 0.25) is 0 Å². The number of hydrogen-bond donors (Lipinski definition) is 0. The molecule has 4 aliphatic heterocycles. The lowest BCUT2D eigenvalue weighted by Crippen LogP contribution is -2.43. The number of Topliss-reactive ketones (excluding diaryl/α,β-unsaturated/α-hetero) is 1. The van der Waals surface area contributed by atoms with E-state index >= 15 is 0 Å². The van der Waals surface area contributed by atoms with Crippen molar-refractivity contribution in [2.24, 2.45) is 5.92 Å². The molecule has 0 saturated carbocycles. The second kappa shape index (κ2) is 9.46. The molecule has 3 fully saturated rings. The number of carbonyl (C=O) groups is 1. The number of benzene rings is 1. The number of rotatable bonds is 4. The molecule has 3 atom stereocenters. The zero-order valence-corrected chi connectivity index (χ0v) is 23.1. The fraction of sp³-hybridized carbons (Fsp3) is 0.633. The Kier molecular flexibility index (Phi) is 6.17. The van der Waals surface area contributed by atoms with Crippen molar-refractivity contribution in [3.63, 3.8) is 0 Å². The maximum absolute atomic E-state index is 12.2. The molecule has 1 aliphatic carbocycles. The monoisotopic (exact) mass is 536 g/mol. The molecular weight excluding hydrogens is 500 g/mol. The lowest BCUT2D eigenvalue weighted by atomic mass is 9.87. The Morgan fingerprint density at radius 3 is 2.95 bits per heavy atom. The summed E-state index contributed by atoms with van der Waals surface area (Å²) in [5, 5.41) is 0.821. The lowest BCUT2D eigenvalue weighted by Gasteiger charge is -2.37. The van der Waals surface area contributed by atoms with Gasteiger partial charge in [-0.2, -0.15) is 9.97 Å². The summed E-state index contributed by atoms with van der Waals surface area (Å²) in [6, 6.07) is 6.63. The Labute approximate surface area is 229 Å². The molecule has 3 saturated heterocycles. The molecule has 0 radical (unpaired) electrons. The lowest BCUT2D eigenvalue weighted by molar-refractivity contribution is -0.118. The predicted octanol–water partition coefficient (Wildman–Crippen LogP) is 4.86. The molecule has 5 heterocycles. The van der Waals surface area contributed by atoms with Gasteiger partial charge in [-0.05, 0) is 68.2 Å². The average molecular weight is 537 g/mol. The Balaban J connectivity index is 1.23. The van der Waals surface area contributed by atoms with Crippen LogP contribution >= 0.6 is 11.6 Å². The summed E-state index contributed by atoms with van der Waals surface area (Å²) in [6.45, 7) is 7.25. The first-order valence-electron chi connectivity index (χ1n) is 14.4. The van der Waals surface area contributed by atoms with Gasteiger partial charge in [0, 0.05) is 49.5 Å². The highest BCUT2D eigenvalue weighted by molar-refractivity contribution is 6.31. The van der Waals surface area contributed by atoms with Crippen LogP contribution in [0.5, 0.6) is 6.01 Å². The zero-order valence-electron chi connectivity index (χ0n) is 22.3. The molecule has 7 rings (SSSR count). The second-order valence-corrected chi connectivity index (χ2v) is 12.6. The van der Waals surface area contributed by atoms with Crippen molar-refractivity contribution in [3.05, 3.63) is 45.6 Å². The first-order valence-corrected chi connectivity index (χ1v) is 14.8. The van der Waals surface area contributed by atoms with Crippen LogP contribution in [0.4, 0.5) is 5.82 Å². The molecule has 0 bridgehead atoms. The van der Waals surface area contributed by atoms with Crippen molar-refractivity contribution in [1.82, 2.24) is 14.9 Å². The van der Waals surface area contributed by atoms with Gasteiger partial charge in [-0.3, -0.25) is 9.69 Å². The van der Waals surface area contributed by atoms with E-state index in [9.17, 15) is 4.79 Å². The van der Waals surface area contributed by atoms with Gasteiger partial charge in [-0.15, -0.1) is 0 Å². The Hall–Kier alpha value is -2.22. The molecule has 38 heavy (non-hydrogen) atoms. The normalized spacial score (nSPS) is 30.8. The van der Waals surface area contributed by atoms with Crippen LogP contribution in [0.25, 0.3) is 0 Å². The van der Waals surface area contributed by atoms with Crippen LogP contribution in [0.2, 0.25) is 5.02 Å².